The van der Waals surface area contributed by atoms with E-state index in [0.717, 1.165) is 17.7 Å². The Bertz CT molecular complexity index is 680. The van der Waals surface area contributed by atoms with Gasteiger partial charge < -0.3 is 10.1 Å². The number of carbonyl (C=O) groups excluding carboxylic acids is 1. The minimum Gasteiger partial charge on any atom is -0.497 e. The van der Waals surface area contributed by atoms with E-state index in [9.17, 15) is 4.79 Å². The highest BCUT2D eigenvalue weighted by molar-refractivity contribution is 6.35. The number of carbonyl (C=O) groups is 1. The number of anilines is 1. The normalized spacial score (nSPS) is 19.6. The maximum absolute atomic E-state index is 12.3. The Kier molecular flexibility index (Phi) is 4.27. The molecule has 0 aromatic heterocycles. The average molecular weight is 336 g/mol. The van der Waals surface area contributed by atoms with Gasteiger partial charge in [-0.15, -0.1) is 0 Å². The van der Waals surface area contributed by atoms with E-state index < -0.39 is 0 Å². The van der Waals surface area contributed by atoms with Crippen molar-refractivity contribution < 1.29 is 9.53 Å². The zero-order valence-corrected chi connectivity index (χ0v) is 13.5. The standard InChI is InChI=1S/C17H15Cl2NO2/c1-22-14-4-2-10(3-5-14)15-9-16(15)17(21)20-13-7-11(18)6-12(19)8-13/h2-8,15-16H,9H2,1H3,(H,20,21). The first-order valence-corrected chi connectivity index (χ1v) is 7.73. The predicted octanol–water partition coefficient (Wildman–Crippen LogP) is 4.74. The molecule has 2 aromatic rings. The number of methoxy groups -OCH3 is 1. The van der Waals surface area contributed by atoms with E-state index in [1.54, 1.807) is 25.3 Å². The Balaban J connectivity index is 1.64. The Morgan fingerprint density at radius 3 is 2.36 bits per heavy atom. The van der Waals surface area contributed by atoms with Crippen molar-refractivity contribution in [3.05, 3.63) is 58.1 Å². The summed E-state index contributed by atoms with van der Waals surface area (Å²) in [5.41, 5.74) is 1.79. The summed E-state index contributed by atoms with van der Waals surface area (Å²) in [5, 5.41) is 3.89. The zero-order chi connectivity index (χ0) is 15.7. The van der Waals surface area contributed by atoms with Crippen LogP contribution in [0.15, 0.2) is 42.5 Å². The Morgan fingerprint density at radius 1 is 1.14 bits per heavy atom. The monoisotopic (exact) mass is 335 g/mol. The molecule has 114 valence electrons. The van der Waals surface area contributed by atoms with Gasteiger partial charge in [0.05, 0.1) is 7.11 Å². The highest BCUT2D eigenvalue weighted by Gasteiger charge is 2.43. The SMILES string of the molecule is COc1ccc(C2CC2C(=O)Nc2cc(Cl)cc(Cl)c2)cc1. The quantitative estimate of drug-likeness (QED) is 0.875. The highest BCUT2D eigenvalue weighted by atomic mass is 35.5. The van der Waals surface area contributed by atoms with Crippen LogP contribution in [0.3, 0.4) is 0 Å². The summed E-state index contributed by atoms with van der Waals surface area (Å²) in [6.45, 7) is 0. The molecule has 3 rings (SSSR count). The molecule has 1 saturated carbocycles. The number of benzene rings is 2. The molecule has 0 aliphatic heterocycles. The summed E-state index contributed by atoms with van der Waals surface area (Å²) in [7, 11) is 1.64. The number of hydrogen-bond acceptors (Lipinski definition) is 2. The molecule has 0 saturated heterocycles. The molecule has 1 aliphatic carbocycles. The topological polar surface area (TPSA) is 38.3 Å². The van der Waals surface area contributed by atoms with E-state index in [1.165, 1.54) is 0 Å². The van der Waals surface area contributed by atoms with Gasteiger partial charge in [-0.3, -0.25) is 4.79 Å². The minimum absolute atomic E-state index is 0.000786. The highest BCUT2D eigenvalue weighted by Crippen LogP contribution is 2.48. The van der Waals surface area contributed by atoms with Gasteiger partial charge in [0.25, 0.3) is 0 Å². The fourth-order valence-electron chi connectivity index (χ4n) is 2.57. The molecule has 0 radical (unpaired) electrons. The van der Waals surface area contributed by atoms with E-state index in [2.05, 4.69) is 5.32 Å². The fraction of sp³-hybridized carbons (Fsp3) is 0.235. The molecule has 2 unspecified atom stereocenters. The molecule has 0 bridgehead atoms. The first-order valence-electron chi connectivity index (χ1n) is 6.98. The summed E-state index contributed by atoms with van der Waals surface area (Å²) in [4.78, 5) is 12.3. The lowest BCUT2D eigenvalue weighted by atomic mass is 10.1. The van der Waals surface area contributed by atoms with Crippen LogP contribution in [0, 0.1) is 5.92 Å². The number of rotatable bonds is 4. The second-order valence-electron chi connectivity index (χ2n) is 5.37. The van der Waals surface area contributed by atoms with E-state index in [4.69, 9.17) is 27.9 Å². The second-order valence-corrected chi connectivity index (χ2v) is 6.24. The Labute approximate surface area is 139 Å². The molecular weight excluding hydrogens is 321 g/mol. The summed E-state index contributed by atoms with van der Waals surface area (Å²) >= 11 is 11.9. The van der Waals surface area contributed by atoms with Gasteiger partial charge in [0.15, 0.2) is 0 Å². The van der Waals surface area contributed by atoms with Crippen LogP contribution in [0.4, 0.5) is 5.69 Å². The van der Waals surface area contributed by atoms with E-state index in [1.807, 2.05) is 24.3 Å². The van der Waals surface area contributed by atoms with Crippen LogP contribution in [-0.2, 0) is 4.79 Å². The number of nitrogens with one attached hydrogen (secondary N) is 1. The lowest BCUT2D eigenvalue weighted by Gasteiger charge is -2.07. The molecule has 3 nitrogen and oxygen atoms in total. The molecule has 2 aromatic carbocycles. The minimum atomic E-state index is -0.00819. The Morgan fingerprint density at radius 2 is 1.77 bits per heavy atom. The average Bonchev–Trinajstić information content (AvgIpc) is 3.27. The van der Waals surface area contributed by atoms with Gasteiger partial charge in [0.1, 0.15) is 5.75 Å². The van der Waals surface area contributed by atoms with E-state index >= 15 is 0 Å². The van der Waals surface area contributed by atoms with Crippen molar-refractivity contribution in [3.8, 4) is 5.75 Å². The predicted molar refractivity (Wildman–Crippen MR) is 88.9 cm³/mol. The molecule has 2 atom stereocenters. The third-order valence-corrected chi connectivity index (χ3v) is 4.24. The number of hydrogen-bond donors (Lipinski definition) is 1. The molecule has 1 amide bonds. The summed E-state index contributed by atoms with van der Waals surface area (Å²) in [6, 6.07) is 12.9. The molecule has 0 spiro atoms. The van der Waals surface area contributed by atoms with Crippen LogP contribution in [0.25, 0.3) is 0 Å². The first kappa shape index (κ1) is 15.2. The lowest BCUT2D eigenvalue weighted by Crippen LogP contribution is -2.14. The lowest BCUT2D eigenvalue weighted by molar-refractivity contribution is -0.117. The number of halogens is 2. The van der Waals surface area contributed by atoms with Crippen LogP contribution in [0.2, 0.25) is 10.0 Å². The number of ether oxygens (including phenoxy) is 1. The van der Waals surface area contributed by atoms with Crippen molar-refractivity contribution in [2.45, 2.75) is 12.3 Å². The van der Waals surface area contributed by atoms with Crippen LogP contribution < -0.4 is 10.1 Å². The Hall–Kier alpha value is -1.71. The first-order chi connectivity index (χ1) is 10.6. The molecular formula is C17H15Cl2NO2. The summed E-state index contributed by atoms with van der Waals surface area (Å²) in [5.74, 6) is 1.07. The third-order valence-electron chi connectivity index (χ3n) is 3.80. The molecule has 1 aliphatic rings. The van der Waals surface area contributed by atoms with Crippen LogP contribution >= 0.6 is 23.2 Å². The van der Waals surface area contributed by atoms with Gasteiger partial charge in [-0.25, -0.2) is 0 Å². The summed E-state index contributed by atoms with van der Waals surface area (Å²) < 4.78 is 5.14. The van der Waals surface area contributed by atoms with Crippen molar-refractivity contribution in [1.29, 1.82) is 0 Å². The molecule has 22 heavy (non-hydrogen) atoms. The van der Waals surface area contributed by atoms with Crippen molar-refractivity contribution in [2.24, 2.45) is 5.92 Å². The largest absolute Gasteiger partial charge is 0.497 e. The third kappa shape index (κ3) is 3.37. The van der Waals surface area contributed by atoms with Gasteiger partial charge in [0.2, 0.25) is 5.91 Å². The maximum atomic E-state index is 12.3. The van der Waals surface area contributed by atoms with Crippen LogP contribution in [0.1, 0.15) is 17.9 Å². The number of amides is 1. The maximum Gasteiger partial charge on any atom is 0.228 e. The fourth-order valence-corrected chi connectivity index (χ4v) is 3.09. The van der Waals surface area contributed by atoms with Crippen molar-refractivity contribution in [2.75, 3.05) is 12.4 Å². The molecule has 5 heteroatoms. The van der Waals surface area contributed by atoms with Gasteiger partial charge >= 0.3 is 0 Å². The van der Waals surface area contributed by atoms with Crippen molar-refractivity contribution >= 4 is 34.8 Å². The molecule has 1 fully saturated rings. The van der Waals surface area contributed by atoms with Gasteiger partial charge in [0, 0.05) is 21.7 Å². The van der Waals surface area contributed by atoms with Gasteiger partial charge in [-0.1, -0.05) is 35.3 Å². The molecule has 1 N–H and O–H groups in total. The molecule has 0 heterocycles. The van der Waals surface area contributed by atoms with Gasteiger partial charge in [-0.05, 0) is 48.2 Å². The van der Waals surface area contributed by atoms with E-state index in [-0.39, 0.29) is 17.7 Å². The second kappa shape index (κ2) is 6.19. The summed E-state index contributed by atoms with van der Waals surface area (Å²) in [6.07, 6.45) is 0.854. The van der Waals surface area contributed by atoms with E-state index in [0.29, 0.717) is 15.7 Å². The van der Waals surface area contributed by atoms with Crippen LogP contribution in [-0.4, -0.2) is 13.0 Å². The van der Waals surface area contributed by atoms with Gasteiger partial charge in [-0.2, -0.15) is 0 Å². The van der Waals surface area contributed by atoms with Crippen molar-refractivity contribution in [3.63, 3.8) is 0 Å². The zero-order valence-electron chi connectivity index (χ0n) is 12.0. The smallest absolute Gasteiger partial charge is 0.228 e. The van der Waals surface area contributed by atoms with Crippen LogP contribution in [0.5, 0.6) is 5.75 Å². The van der Waals surface area contributed by atoms with Crippen molar-refractivity contribution in [1.82, 2.24) is 0 Å².